The zero-order valence-electron chi connectivity index (χ0n) is 16.9. The standard InChI is InChI=1S/C22H28N2O3/c1-15-8-7-13-23-19(15)18(25)14-24-20(26)22(5,6)27-17-11-9-16(10-12-17)21(2,3)4/h7-13H,14H2,1-6H3,(H,24,26). The fraction of sp³-hybridized carbons (Fsp3) is 0.409. The fourth-order valence-corrected chi connectivity index (χ4v) is 2.60. The van der Waals surface area contributed by atoms with Crippen molar-refractivity contribution < 1.29 is 14.3 Å². The number of rotatable bonds is 6. The second-order valence-electron chi connectivity index (χ2n) is 8.16. The lowest BCUT2D eigenvalue weighted by Gasteiger charge is -2.26. The first kappa shape index (κ1) is 20.6. The third-order valence-electron chi connectivity index (χ3n) is 4.32. The van der Waals surface area contributed by atoms with E-state index >= 15 is 0 Å². The van der Waals surface area contributed by atoms with Gasteiger partial charge < -0.3 is 10.1 Å². The number of aromatic nitrogens is 1. The monoisotopic (exact) mass is 368 g/mol. The zero-order chi connectivity index (χ0) is 20.2. The summed E-state index contributed by atoms with van der Waals surface area (Å²) < 4.78 is 5.85. The van der Waals surface area contributed by atoms with Crippen LogP contribution in [0, 0.1) is 6.92 Å². The molecule has 1 heterocycles. The van der Waals surface area contributed by atoms with Crippen LogP contribution in [0.3, 0.4) is 0 Å². The molecule has 5 nitrogen and oxygen atoms in total. The van der Waals surface area contributed by atoms with Crippen molar-refractivity contribution in [3.63, 3.8) is 0 Å². The Balaban J connectivity index is 1.98. The summed E-state index contributed by atoms with van der Waals surface area (Å²) in [6.07, 6.45) is 1.57. The minimum absolute atomic E-state index is 0.0510. The van der Waals surface area contributed by atoms with Gasteiger partial charge in [0.1, 0.15) is 11.4 Å². The molecule has 1 amide bonds. The number of hydrogen-bond donors (Lipinski definition) is 1. The highest BCUT2D eigenvalue weighted by molar-refractivity contribution is 5.99. The molecule has 0 aliphatic heterocycles. The van der Waals surface area contributed by atoms with Crippen LogP contribution in [0.5, 0.6) is 5.75 Å². The minimum Gasteiger partial charge on any atom is -0.478 e. The van der Waals surface area contributed by atoms with Gasteiger partial charge in [-0.1, -0.05) is 39.0 Å². The summed E-state index contributed by atoms with van der Waals surface area (Å²) in [7, 11) is 0. The second kappa shape index (κ2) is 7.91. The van der Waals surface area contributed by atoms with Crippen LogP contribution in [0.1, 0.15) is 56.2 Å². The van der Waals surface area contributed by atoms with E-state index in [1.165, 1.54) is 5.56 Å². The lowest BCUT2D eigenvalue weighted by atomic mass is 9.87. The van der Waals surface area contributed by atoms with Crippen LogP contribution in [-0.2, 0) is 10.2 Å². The molecule has 1 N–H and O–H groups in total. The Hall–Kier alpha value is -2.69. The molecule has 27 heavy (non-hydrogen) atoms. The number of benzene rings is 1. The topological polar surface area (TPSA) is 68.3 Å². The number of nitrogens with zero attached hydrogens (tertiary/aromatic N) is 1. The third kappa shape index (κ3) is 5.39. The van der Waals surface area contributed by atoms with Crippen molar-refractivity contribution >= 4 is 11.7 Å². The normalized spacial score (nSPS) is 11.8. The van der Waals surface area contributed by atoms with Crippen molar-refractivity contribution in [2.75, 3.05) is 6.54 Å². The Morgan fingerprint density at radius 2 is 1.67 bits per heavy atom. The number of ether oxygens (including phenoxy) is 1. The Morgan fingerprint density at radius 1 is 1.04 bits per heavy atom. The van der Waals surface area contributed by atoms with Crippen molar-refractivity contribution in [3.05, 3.63) is 59.4 Å². The van der Waals surface area contributed by atoms with Gasteiger partial charge in [-0.05, 0) is 55.5 Å². The molecule has 5 heteroatoms. The number of amides is 1. The van der Waals surface area contributed by atoms with Gasteiger partial charge in [0.05, 0.1) is 6.54 Å². The summed E-state index contributed by atoms with van der Waals surface area (Å²) in [5, 5.41) is 2.65. The quantitative estimate of drug-likeness (QED) is 0.787. The van der Waals surface area contributed by atoms with Gasteiger partial charge >= 0.3 is 0 Å². The Kier molecular flexibility index (Phi) is 6.04. The predicted molar refractivity (Wildman–Crippen MR) is 106 cm³/mol. The average molecular weight is 368 g/mol. The van der Waals surface area contributed by atoms with Gasteiger partial charge in [-0.3, -0.25) is 14.6 Å². The second-order valence-corrected chi connectivity index (χ2v) is 8.16. The van der Waals surface area contributed by atoms with E-state index in [2.05, 4.69) is 31.1 Å². The first-order valence-electron chi connectivity index (χ1n) is 9.03. The lowest BCUT2D eigenvalue weighted by molar-refractivity contribution is -0.134. The summed E-state index contributed by atoms with van der Waals surface area (Å²) in [5.41, 5.74) is 1.28. The zero-order valence-corrected chi connectivity index (χ0v) is 16.9. The number of carbonyl (C=O) groups excluding carboxylic acids is 2. The molecule has 2 aromatic rings. The number of hydrogen-bond acceptors (Lipinski definition) is 4. The molecule has 0 saturated heterocycles. The van der Waals surface area contributed by atoms with Crippen LogP contribution >= 0.6 is 0 Å². The van der Waals surface area contributed by atoms with E-state index in [9.17, 15) is 9.59 Å². The summed E-state index contributed by atoms with van der Waals surface area (Å²) in [6.45, 7) is 11.5. The van der Waals surface area contributed by atoms with Crippen LogP contribution in [0.2, 0.25) is 0 Å². The van der Waals surface area contributed by atoms with E-state index in [4.69, 9.17) is 4.74 Å². The van der Waals surface area contributed by atoms with E-state index in [0.717, 1.165) is 5.56 Å². The maximum Gasteiger partial charge on any atom is 0.263 e. The molecule has 0 unspecified atom stereocenters. The highest BCUT2D eigenvalue weighted by atomic mass is 16.5. The SMILES string of the molecule is Cc1cccnc1C(=O)CNC(=O)C(C)(C)Oc1ccc(C(C)(C)C)cc1. The van der Waals surface area contributed by atoms with Crippen LogP contribution in [-0.4, -0.2) is 28.8 Å². The van der Waals surface area contributed by atoms with Crippen LogP contribution in [0.25, 0.3) is 0 Å². The van der Waals surface area contributed by atoms with Crippen molar-refractivity contribution in [2.24, 2.45) is 0 Å². The van der Waals surface area contributed by atoms with Gasteiger partial charge in [0.15, 0.2) is 5.60 Å². The molecule has 0 aliphatic rings. The van der Waals surface area contributed by atoms with E-state index in [1.807, 2.05) is 37.3 Å². The first-order valence-corrected chi connectivity index (χ1v) is 9.03. The molecule has 2 rings (SSSR count). The van der Waals surface area contributed by atoms with Gasteiger partial charge in [0, 0.05) is 6.20 Å². The highest BCUT2D eigenvalue weighted by Gasteiger charge is 2.30. The summed E-state index contributed by atoms with van der Waals surface area (Å²) >= 11 is 0. The summed E-state index contributed by atoms with van der Waals surface area (Å²) in [5.74, 6) is 0.0196. The number of nitrogens with one attached hydrogen (secondary N) is 1. The van der Waals surface area contributed by atoms with Crippen LogP contribution < -0.4 is 10.1 Å². The summed E-state index contributed by atoms with van der Waals surface area (Å²) in [4.78, 5) is 28.9. The van der Waals surface area contributed by atoms with Crippen molar-refractivity contribution in [1.82, 2.24) is 10.3 Å². The molecule has 0 spiro atoms. The molecule has 144 valence electrons. The van der Waals surface area contributed by atoms with E-state index < -0.39 is 5.60 Å². The van der Waals surface area contributed by atoms with Gasteiger partial charge in [-0.25, -0.2) is 0 Å². The summed E-state index contributed by atoms with van der Waals surface area (Å²) in [6, 6.07) is 11.3. The number of carbonyl (C=O) groups is 2. The molecular weight excluding hydrogens is 340 g/mol. The van der Waals surface area contributed by atoms with E-state index in [0.29, 0.717) is 11.4 Å². The predicted octanol–water partition coefficient (Wildman–Crippen LogP) is 3.84. The van der Waals surface area contributed by atoms with Gasteiger partial charge in [0.2, 0.25) is 5.78 Å². The average Bonchev–Trinajstić information content (AvgIpc) is 2.59. The van der Waals surface area contributed by atoms with Gasteiger partial charge in [0.25, 0.3) is 5.91 Å². The van der Waals surface area contributed by atoms with Crippen molar-refractivity contribution in [2.45, 2.75) is 52.6 Å². The molecule has 0 fully saturated rings. The first-order chi connectivity index (χ1) is 12.5. The number of pyridine rings is 1. The Morgan fingerprint density at radius 3 is 2.22 bits per heavy atom. The van der Waals surface area contributed by atoms with Crippen LogP contribution in [0.15, 0.2) is 42.6 Å². The number of Topliss-reactive ketones (excluding diaryl/α,β-unsaturated/α-hetero) is 1. The van der Waals surface area contributed by atoms with Crippen LogP contribution in [0.4, 0.5) is 0 Å². The smallest absolute Gasteiger partial charge is 0.263 e. The molecular formula is C22H28N2O3. The highest BCUT2D eigenvalue weighted by Crippen LogP contribution is 2.26. The Labute approximate surface area is 161 Å². The maximum atomic E-state index is 12.5. The van der Waals surface area contributed by atoms with E-state index in [1.54, 1.807) is 26.1 Å². The number of aryl methyl sites for hydroxylation is 1. The lowest BCUT2D eigenvalue weighted by Crippen LogP contribution is -2.48. The maximum absolute atomic E-state index is 12.5. The molecule has 0 atom stereocenters. The molecule has 0 radical (unpaired) electrons. The molecule has 0 saturated carbocycles. The van der Waals surface area contributed by atoms with Gasteiger partial charge in [-0.15, -0.1) is 0 Å². The van der Waals surface area contributed by atoms with E-state index in [-0.39, 0.29) is 23.7 Å². The minimum atomic E-state index is -1.11. The molecule has 0 aliphatic carbocycles. The van der Waals surface area contributed by atoms with Crippen molar-refractivity contribution in [1.29, 1.82) is 0 Å². The molecule has 0 bridgehead atoms. The Bertz CT molecular complexity index is 818. The molecule has 1 aromatic carbocycles. The van der Waals surface area contributed by atoms with Crippen molar-refractivity contribution in [3.8, 4) is 5.75 Å². The third-order valence-corrected chi connectivity index (χ3v) is 4.32. The largest absolute Gasteiger partial charge is 0.478 e. The fourth-order valence-electron chi connectivity index (χ4n) is 2.60. The number of ketones is 1. The molecule has 1 aromatic heterocycles. The van der Waals surface area contributed by atoms with Gasteiger partial charge in [-0.2, -0.15) is 0 Å².